The number of hydrogen-bond donors (Lipinski definition) is 2. The molecule has 2 N–H and O–H groups in total. The maximum Gasteiger partial charge on any atom is 0.0728 e. The van der Waals surface area contributed by atoms with Gasteiger partial charge in [0.25, 0.3) is 0 Å². The number of nitrogens with one attached hydrogen (secondary N) is 2. The van der Waals surface area contributed by atoms with Crippen LogP contribution in [0, 0.1) is 0 Å². The van der Waals surface area contributed by atoms with Gasteiger partial charge in [0.2, 0.25) is 0 Å². The fraction of sp³-hybridized carbons (Fsp3) is 0. The highest BCUT2D eigenvalue weighted by Gasteiger charge is 2.14. The number of nitrogens with zero attached hydrogens (tertiary/aromatic N) is 1. The number of aromatic amines is 2. The monoisotopic (exact) mass is 361 g/mol. The average molecular weight is 362 g/mol. The molecule has 0 aliphatic heterocycles. The molecule has 2 aromatic heterocycles. The number of rotatable bonds is 1. The van der Waals surface area contributed by atoms with Gasteiger partial charge >= 0.3 is 0 Å². The Kier molecular flexibility index (Phi) is 2.64. The molecule has 23 heavy (non-hydrogen) atoms. The Balaban J connectivity index is 1.99. The zero-order valence-corrected chi connectivity index (χ0v) is 13.7. The number of benzene rings is 3. The van der Waals surface area contributed by atoms with Gasteiger partial charge in [0.1, 0.15) is 0 Å². The molecule has 5 aromatic rings. The molecule has 110 valence electrons. The molecular weight excluding hydrogens is 350 g/mol. The maximum atomic E-state index is 4.19. The van der Waals surface area contributed by atoms with Crippen LogP contribution in [0.2, 0.25) is 0 Å². The fourth-order valence-electron chi connectivity index (χ4n) is 3.37. The summed E-state index contributed by atoms with van der Waals surface area (Å²) in [5.41, 5.74) is 5.72. The molecule has 0 saturated heterocycles. The normalized spacial score (nSPS) is 11.7. The van der Waals surface area contributed by atoms with Crippen LogP contribution < -0.4 is 0 Å². The van der Waals surface area contributed by atoms with Crippen LogP contribution >= 0.6 is 15.9 Å². The van der Waals surface area contributed by atoms with Crippen LogP contribution in [-0.4, -0.2) is 15.2 Å². The van der Waals surface area contributed by atoms with Gasteiger partial charge in [-0.3, -0.25) is 5.10 Å². The van der Waals surface area contributed by atoms with Crippen molar-refractivity contribution in [1.29, 1.82) is 0 Å². The summed E-state index contributed by atoms with van der Waals surface area (Å²) in [7, 11) is 0. The van der Waals surface area contributed by atoms with Crippen molar-refractivity contribution in [2.24, 2.45) is 0 Å². The minimum atomic E-state index is 1.07. The highest BCUT2D eigenvalue weighted by molar-refractivity contribution is 9.10. The molecule has 3 aromatic carbocycles. The number of H-pyrrole nitrogens is 2. The van der Waals surface area contributed by atoms with Gasteiger partial charge in [0.05, 0.1) is 11.7 Å². The molecule has 0 amide bonds. The standard InChI is InChI=1S/C19H12BrN3/c20-14-7-3-9-16-18(14)17-12(5-2-8-15(17)22-16)13-6-1-4-11-10-21-23-19(11)13/h1-10,22H,(H,21,23). The molecule has 0 radical (unpaired) electrons. The summed E-state index contributed by atoms with van der Waals surface area (Å²) in [5, 5.41) is 10.9. The van der Waals surface area contributed by atoms with E-state index in [1.165, 1.54) is 21.9 Å². The number of halogens is 1. The predicted octanol–water partition coefficient (Wildman–Crippen LogP) is 5.63. The van der Waals surface area contributed by atoms with E-state index < -0.39 is 0 Å². The summed E-state index contributed by atoms with van der Waals surface area (Å²) < 4.78 is 1.10. The van der Waals surface area contributed by atoms with Crippen molar-refractivity contribution in [3.63, 3.8) is 0 Å². The zero-order chi connectivity index (χ0) is 15.4. The van der Waals surface area contributed by atoms with Crippen LogP contribution in [0.3, 0.4) is 0 Å². The van der Waals surface area contributed by atoms with Gasteiger partial charge in [0, 0.05) is 37.2 Å². The van der Waals surface area contributed by atoms with E-state index in [1.807, 2.05) is 6.20 Å². The third-order valence-corrected chi connectivity index (χ3v) is 5.03. The quantitative estimate of drug-likeness (QED) is 0.399. The summed E-state index contributed by atoms with van der Waals surface area (Å²) >= 11 is 3.71. The molecule has 0 aliphatic carbocycles. The van der Waals surface area contributed by atoms with Crippen molar-refractivity contribution in [2.75, 3.05) is 0 Å². The molecule has 0 bridgehead atoms. The Morgan fingerprint density at radius 3 is 2.43 bits per heavy atom. The third kappa shape index (κ3) is 1.79. The van der Waals surface area contributed by atoms with E-state index in [0.29, 0.717) is 0 Å². The van der Waals surface area contributed by atoms with Crippen molar-refractivity contribution in [2.45, 2.75) is 0 Å². The van der Waals surface area contributed by atoms with Gasteiger partial charge in [-0.05, 0) is 23.8 Å². The van der Waals surface area contributed by atoms with Crippen molar-refractivity contribution in [3.05, 3.63) is 65.3 Å². The highest BCUT2D eigenvalue weighted by Crippen LogP contribution is 2.39. The van der Waals surface area contributed by atoms with Gasteiger partial charge in [-0.2, -0.15) is 5.10 Å². The van der Waals surface area contributed by atoms with E-state index in [1.54, 1.807) is 0 Å². The maximum absolute atomic E-state index is 4.19. The van der Waals surface area contributed by atoms with Gasteiger partial charge in [-0.1, -0.05) is 52.3 Å². The number of hydrogen-bond acceptors (Lipinski definition) is 1. The Labute approximate surface area is 140 Å². The summed E-state index contributed by atoms with van der Waals surface area (Å²) in [6, 6.07) is 18.9. The number of fused-ring (bicyclic) bond motifs is 4. The van der Waals surface area contributed by atoms with Crippen LogP contribution in [-0.2, 0) is 0 Å². The summed E-state index contributed by atoms with van der Waals surface area (Å²) in [6.07, 6.45) is 1.87. The number of aromatic nitrogens is 3. The molecule has 0 saturated carbocycles. The molecule has 2 heterocycles. The molecule has 4 heteroatoms. The molecule has 0 spiro atoms. The van der Waals surface area contributed by atoms with Crippen LogP contribution in [0.1, 0.15) is 0 Å². The van der Waals surface area contributed by atoms with E-state index in [2.05, 4.69) is 85.7 Å². The largest absolute Gasteiger partial charge is 0.354 e. The van der Waals surface area contributed by atoms with Gasteiger partial charge in [0.15, 0.2) is 0 Å². The van der Waals surface area contributed by atoms with Gasteiger partial charge < -0.3 is 4.98 Å². The second-order valence-corrected chi connectivity index (χ2v) is 6.51. The smallest absolute Gasteiger partial charge is 0.0728 e. The topological polar surface area (TPSA) is 44.5 Å². The fourth-order valence-corrected chi connectivity index (χ4v) is 3.94. The van der Waals surface area contributed by atoms with Gasteiger partial charge in [-0.25, -0.2) is 0 Å². The molecule has 0 unspecified atom stereocenters. The van der Waals surface area contributed by atoms with Crippen LogP contribution in [0.5, 0.6) is 0 Å². The first-order valence-electron chi connectivity index (χ1n) is 7.44. The zero-order valence-electron chi connectivity index (χ0n) is 12.1. The van der Waals surface area contributed by atoms with E-state index >= 15 is 0 Å². The Morgan fingerprint density at radius 1 is 0.783 bits per heavy atom. The molecule has 0 fully saturated rings. The lowest BCUT2D eigenvalue weighted by molar-refractivity contribution is 1.12. The Hall–Kier alpha value is -2.59. The number of para-hydroxylation sites is 1. The lowest BCUT2D eigenvalue weighted by Gasteiger charge is -2.06. The first-order valence-corrected chi connectivity index (χ1v) is 8.23. The SMILES string of the molecule is Brc1cccc2[nH]c3cccc(-c4cccc5cn[nH]c45)c3c12. The summed E-state index contributed by atoms with van der Waals surface area (Å²) in [6.45, 7) is 0. The van der Waals surface area contributed by atoms with Gasteiger partial charge in [-0.15, -0.1) is 0 Å². The van der Waals surface area contributed by atoms with E-state index in [4.69, 9.17) is 0 Å². The second kappa shape index (κ2) is 4.70. The molecular formula is C19H12BrN3. The molecule has 0 aliphatic rings. The Morgan fingerprint density at radius 2 is 1.52 bits per heavy atom. The third-order valence-electron chi connectivity index (χ3n) is 4.36. The van der Waals surface area contributed by atoms with Crippen molar-refractivity contribution in [1.82, 2.24) is 15.2 Å². The van der Waals surface area contributed by atoms with Crippen molar-refractivity contribution < 1.29 is 0 Å². The van der Waals surface area contributed by atoms with Crippen molar-refractivity contribution >= 4 is 48.6 Å². The van der Waals surface area contributed by atoms with Crippen LogP contribution in [0.4, 0.5) is 0 Å². The van der Waals surface area contributed by atoms with E-state index in [0.717, 1.165) is 26.4 Å². The lowest BCUT2D eigenvalue weighted by Crippen LogP contribution is -1.82. The van der Waals surface area contributed by atoms with Crippen LogP contribution in [0.25, 0.3) is 43.8 Å². The first-order chi connectivity index (χ1) is 11.3. The average Bonchev–Trinajstić information content (AvgIpc) is 3.18. The summed E-state index contributed by atoms with van der Waals surface area (Å²) in [5.74, 6) is 0. The molecule has 5 rings (SSSR count). The highest BCUT2D eigenvalue weighted by atomic mass is 79.9. The van der Waals surface area contributed by atoms with Crippen molar-refractivity contribution in [3.8, 4) is 11.1 Å². The predicted molar refractivity (Wildman–Crippen MR) is 98.6 cm³/mol. The minimum Gasteiger partial charge on any atom is -0.354 e. The Bertz CT molecular complexity index is 1180. The second-order valence-electron chi connectivity index (χ2n) is 5.66. The molecule has 3 nitrogen and oxygen atoms in total. The molecule has 0 atom stereocenters. The lowest BCUT2D eigenvalue weighted by atomic mass is 9.98. The van der Waals surface area contributed by atoms with Crippen LogP contribution in [0.15, 0.2) is 65.3 Å². The minimum absolute atomic E-state index is 1.07. The summed E-state index contributed by atoms with van der Waals surface area (Å²) in [4.78, 5) is 3.52. The van der Waals surface area contributed by atoms with E-state index in [-0.39, 0.29) is 0 Å². The first kappa shape index (κ1) is 12.9. The van der Waals surface area contributed by atoms with E-state index in [9.17, 15) is 0 Å².